The van der Waals surface area contributed by atoms with E-state index in [2.05, 4.69) is 54.8 Å². The van der Waals surface area contributed by atoms with Crippen LogP contribution >= 0.6 is 0 Å². The molecule has 1 aliphatic rings. The number of hydrogen-bond donors (Lipinski definition) is 0. The van der Waals surface area contributed by atoms with Gasteiger partial charge in [0.05, 0.1) is 5.92 Å². The Labute approximate surface area is 110 Å². The van der Waals surface area contributed by atoms with E-state index in [-0.39, 0.29) is 11.1 Å². The van der Waals surface area contributed by atoms with E-state index >= 15 is 0 Å². The molecule has 2 heteroatoms. The van der Waals surface area contributed by atoms with Gasteiger partial charge < -0.3 is 9.74 Å². The Balaban J connectivity index is 2.50. The number of anilines is 1. The summed E-state index contributed by atoms with van der Waals surface area (Å²) in [5.41, 5.74) is 2.39. The molecule has 0 saturated carbocycles. The molecule has 1 aromatic rings. The second-order valence-corrected chi connectivity index (χ2v) is 6.66. The maximum atomic E-state index is 7.44. The molecule has 0 radical (unpaired) electrons. The van der Waals surface area contributed by atoms with Crippen LogP contribution in [0.5, 0.6) is 0 Å². The average molecular weight is 242 g/mol. The van der Waals surface area contributed by atoms with E-state index in [0.717, 1.165) is 6.54 Å². The smallest absolute Gasteiger partial charge is 0.235 e. The summed E-state index contributed by atoms with van der Waals surface area (Å²) in [5, 5.41) is 0. The Morgan fingerprint density at radius 1 is 1.17 bits per heavy atom. The first-order chi connectivity index (χ1) is 8.27. The van der Waals surface area contributed by atoms with E-state index in [1.807, 2.05) is 13.8 Å². The molecule has 0 spiro atoms. The third kappa shape index (κ3) is 1.99. The lowest BCUT2D eigenvalue weighted by Gasteiger charge is -2.35. The number of hydrogen-bond acceptors (Lipinski definition) is 1. The monoisotopic (exact) mass is 242 g/mol. The van der Waals surface area contributed by atoms with Crippen molar-refractivity contribution in [3.8, 4) is 0 Å². The zero-order valence-corrected chi connectivity index (χ0v) is 12.0. The van der Waals surface area contributed by atoms with Crippen molar-refractivity contribution in [2.75, 3.05) is 11.4 Å². The minimum atomic E-state index is -0.337. The van der Waals surface area contributed by atoms with Crippen LogP contribution in [0.4, 0.5) is 5.69 Å². The highest BCUT2D eigenvalue weighted by atomic mass is 15.2. The van der Waals surface area contributed by atoms with Crippen molar-refractivity contribution >= 4 is 5.69 Å². The summed E-state index contributed by atoms with van der Waals surface area (Å²) in [6, 6.07) is 8.53. The first-order valence-corrected chi connectivity index (χ1v) is 6.52. The molecule has 1 unspecified atom stereocenters. The summed E-state index contributed by atoms with van der Waals surface area (Å²) in [6.07, 6.45) is 0. The topological polar surface area (TPSA) is 7.60 Å². The van der Waals surface area contributed by atoms with Gasteiger partial charge in [0.1, 0.15) is 0 Å². The molecule has 0 bridgehead atoms. The van der Waals surface area contributed by atoms with Crippen molar-refractivity contribution in [2.45, 2.75) is 51.6 Å². The molecule has 1 aliphatic heterocycles. The van der Waals surface area contributed by atoms with Crippen LogP contribution in [0.15, 0.2) is 24.3 Å². The summed E-state index contributed by atoms with van der Waals surface area (Å²) in [5.74, 6) is 0.297. The van der Waals surface area contributed by atoms with Crippen molar-refractivity contribution in [1.82, 2.24) is 0 Å². The van der Waals surface area contributed by atoms with E-state index < -0.39 is 0 Å². The molecule has 96 valence electrons. The molecular formula is C16H22N2. The first-order valence-electron chi connectivity index (χ1n) is 6.52. The fraction of sp³-hybridized carbons (Fsp3) is 0.562. The fourth-order valence-corrected chi connectivity index (χ4v) is 2.72. The largest absolute Gasteiger partial charge is 0.366 e. The van der Waals surface area contributed by atoms with Gasteiger partial charge in [-0.15, -0.1) is 0 Å². The molecule has 0 saturated heterocycles. The zero-order chi connectivity index (χ0) is 13.6. The normalized spacial score (nSPS) is 19.6. The van der Waals surface area contributed by atoms with Gasteiger partial charge >= 0.3 is 0 Å². The van der Waals surface area contributed by atoms with Crippen molar-refractivity contribution in [2.24, 2.45) is 0 Å². The molecule has 2 nitrogen and oxygen atoms in total. The van der Waals surface area contributed by atoms with Gasteiger partial charge in [-0.1, -0.05) is 18.2 Å². The second kappa shape index (κ2) is 4.02. The molecule has 1 heterocycles. The molecule has 0 N–H and O–H groups in total. The summed E-state index contributed by atoms with van der Waals surface area (Å²) < 4.78 is 0. The first kappa shape index (κ1) is 13.0. The van der Waals surface area contributed by atoms with Crippen molar-refractivity contribution in [1.29, 1.82) is 0 Å². The van der Waals surface area contributed by atoms with Crippen LogP contribution in [0, 0.1) is 6.57 Å². The van der Waals surface area contributed by atoms with Crippen LogP contribution in [-0.2, 0) is 0 Å². The van der Waals surface area contributed by atoms with E-state index in [0.29, 0.717) is 5.92 Å². The van der Waals surface area contributed by atoms with Gasteiger partial charge in [0, 0.05) is 31.6 Å². The zero-order valence-electron chi connectivity index (χ0n) is 12.0. The molecule has 0 fully saturated rings. The number of fused-ring (bicyclic) bond motifs is 1. The van der Waals surface area contributed by atoms with Crippen molar-refractivity contribution in [3.05, 3.63) is 41.2 Å². The standard InChI is InChI=1S/C16H22N2/c1-15(2,3)18-11-13(16(4,5)17-6)12-9-7-8-10-14(12)18/h7-10,13H,11H2,1-5H3. The van der Waals surface area contributed by atoms with Crippen LogP contribution in [0.1, 0.15) is 46.1 Å². The maximum absolute atomic E-state index is 7.44. The Kier molecular flexibility index (Phi) is 2.89. The minimum absolute atomic E-state index is 0.100. The van der Waals surface area contributed by atoms with Crippen LogP contribution in [0.2, 0.25) is 0 Å². The van der Waals surface area contributed by atoms with Crippen LogP contribution in [-0.4, -0.2) is 17.6 Å². The number of benzene rings is 1. The van der Waals surface area contributed by atoms with Crippen molar-refractivity contribution < 1.29 is 0 Å². The third-order valence-electron chi connectivity index (χ3n) is 3.92. The predicted octanol–water partition coefficient (Wildman–Crippen LogP) is 4.09. The lowest BCUT2D eigenvalue weighted by molar-refractivity contribution is 0.446. The summed E-state index contributed by atoms with van der Waals surface area (Å²) >= 11 is 0. The second-order valence-electron chi connectivity index (χ2n) is 6.66. The molecule has 0 aromatic heterocycles. The van der Waals surface area contributed by atoms with E-state index in [1.165, 1.54) is 11.3 Å². The van der Waals surface area contributed by atoms with Crippen LogP contribution in [0.3, 0.4) is 0 Å². The quantitative estimate of drug-likeness (QED) is 0.673. The minimum Gasteiger partial charge on any atom is -0.366 e. The van der Waals surface area contributed by atoms with Gasteiger partial charge in [0.15, 0.2) is 0 Å². The molecule has 0 amide bonds. The fourth-order valence-electron chi connectivity index (χ4n) is 2.72. The van der Waals surface area contributed by atoms with Crippen molar-refractivity contribution in [3.63, 3.8) is 0 Å². The van der Waals surface area contributed by atoms with Gasteiger partial charge in [-0.2, -0.15) is 0 Å². The number of para-hydroxylation sites is 1. The van der Waals surface area contributed by atoms with Gasteiger partial charge in [-0.3, -0.25) is 0 Å². The SMILES string of the molecule is [C-]#[N+]C(C)(C)C1CN(C(C)(C)C)c2ccccc21. The van der Waals surface area contributed by atoms with Gasteiger partial charge in [-0.25, -0.2) is 6.57 Å². The number of nitrogens with zero attached hydrogens (tertiary/aromatic N) is 2. The highest BCUT2D eigenvalue weighted by Crippen LogP contribution is 2.45. The van der Waals surface area contributed by atoms with E-state index in [4.69, 9.17) is 6.57 Å². The Morgan fingerprint density at radius 3 is 2.33 bits per heavy atom. The predicted molar refractivity (Wildman–Crippen MR) is 77.0 cm³/mol. The molecule has 0 aliphatic carbocycles. The third-order valence-corrected chi connectivity index (χ3v) is 3.92. The Hall–Kier alpha value is -1.49. The Morgan fingerprint density at radius 2 is 1.78 bits per heavy atom. The highest BCUT2D eigenvalue weighted by Gasteiger charge is 2.45. The molecule has 1 aromatic carbocycles. The Bertz CT molecular complexity index is 489. The van der Waals surface area contributed by atoms with E-state index in [9.17, 15) is 0 Å². The molecular weight excluding hydrogens is 220 g/mol. The number of rotatable bonds is 1. The highest BCUT2D eigenvalue weighted by molar-refractivity contribution is 5.63. The summed E-state index contributed by atoms with van der Waals surface area (Å²) in [7, 11) is 0. The maximum Gasteiger partial charge on any atom is 0.235 e. The summed E-state index contributed by atoms with van der Waals surface area (Å²) in [4.78, 5) is 6.27. The molecule has 1 atom stereocenters. The van der Waals surface area contributed by atoms with Gasteiger partial charge in [-0.05, 0) is 32.4 Å². The van der Waals surface area contributed by atoms with Gasteiger partial charge in [0.2, 0.25) is 5.54 Å². The lowest BCUT2D eigenvalue weighted by atomic mass is 9.84. The van der Waals surface area contributed by atoms with Crippen LogP contribution in [0.25, 0.3) is 4.85 Å². The van der Waals surface area contributed by atoms with Gasteiger partial charge in [0.25, 0.3) is 0 Å². The lowest BCUT2D eigenvalue weighted by Crippen LogP contribution is -2.42. The summed E-state index contributed by atoms with van der Waals surface area (Å²) in [6.45, 7) is 19.2. The van der Waals surface area contributed by atoms with Crippen LogP contribution < -0.4 is 4.90 Å². The molecule has 2 rings (SSSR count). The van der Waals surface area contributed by atoms with E-state index in [1.54, 1.807) is 0 Å². The average Bonchev–Trinajstić information content (AvgIpc) is 2.68. The molecule has 18 heavy (non-hydrogen) atoms.